The molecule has 8 nitrogen and oxygen atoms in total. The fraction of sp³-hybridized carbons (Fsp3) is 0.156. The molecular weight excluding hydrogens is 534 g/mol. The molecule has 0 saturated carbocycles. The normalized spacial score (nSPS) is 10.7. The average molecular weight is 566 g/mol. The lowest BCUT2D eigenvalue weighted by molar-refractivity contribution is -0.122. The van der Waals surface area contributed by atoms with Crippen molar-refractivity contribution >= 4 is 34.3 Å². The number of carbonyl (C=O) groups is 1. The molecule has 1 amide bonds. The van der Waals surface area contributed by atoms with Crippen LogP contribution in [-0.4, -0.2) is 27.1 Å². The highest BCUT2D eigenvalue weighted by Crippen LogP contribution is 2.35. The van der Waals surface area contributed by atoms with Crippen LogP contribution in [0, 0.1) is 0 Å². The number of nitrogens with zero attached hydrogens (tertiary/aromatic N) is 2. The van der Waals surface area contributed by atoms with E-state index in [1.54, 1.807) is 0 Å². The molecule has 0 aliphatic heterocycles. The highest BCUT2D eigenvalue weighted by molar-refractivity contribution is 7.80. The van der Waals surface area contributed by atoms with E-state index in [-0.39, 0.29) is 12.5 Å². The molecule has 5 rings (SSSR count). The molecule has 41 heavy (non-hydrogen) atoms. The summed E-state index contributed by atoms with van der Waals surface area (Å²) in [4.78, 5) is 17.8. The number of hydrazine groups is 1. The van der Waals surface area contributed by atoms with Crippen molar-refractivity contribution in [2.24, 2.45) is 0 Å². The molecule has 0 aliphatic carbocycles. The molecule has 0 radical (unpaired) electrons. The predicted octanol–water partition coefficient (Wildman–Crippen LogP) is 5.38. The molecule has 1 aromatic heterocycles. The molecule has 208 valence electrons. The summed E-state index contributed by atoms with van der Waals surface area (Å²) in [5.74, 6) is 1.57. The van der Waals surface area contributed by atoms with E-state index in [9.17, 15) is 4.79 Å². The zero-order chi connectivity index (χ0) is 28.4. The van der Waals surface area contributed by atoms with Crippen LogP contribution >= 0.6 is 12.2 Å². The second kappa shape index (κ2) is 13.5. The van der Waals surface area contributed by atoms with Gasteiger partial charge in [0.25, 0.3) is 5.91 Å². The second-order valence-electron chi connectivity index (χ2n) is 9.25. The van der Waals surface area contributed by atoms with Gasteiger partial charge in [-0.2, -0.15) is 0 Å². The Bertz CT molecular complexity index is 1620. The van der Waals surface area contributed by atoms with Crippen LogP contribution in [-0.2, 0) is 24.6 Å². The Kier molecular flexibility index (Phi) is 9.08. The Labute approximate surface area is 244 Å². The predicted molar refractivity (Wildman–Crippen MR) is 164 cm³/mol. The van der Waals surface area contributed by atoms with E-state index in [0.29, 0.717) is 42.2 Å². The summed E-state index contributed by atoms with van der Waals surface area (Å²) in [5.41, 5.74) is 9.89. The Morgan fingerprint density at radius 2 is 1.44 bits per heavy atom. The molecular formula is C32H31N5O3S. The molecule has 1 heterocycles. The maximum absolute atomic E-state index is 12.9. The molecule has 5 aromatic rings. The van der Waals surface area contributed by atoms with Crippen LogP contribution in [0.1, 0.15) is 18.1 Å². The Balaban J connectivity index is 1.45. The number of amides is 1. The Hall–Kier alpha value is -4.89. The number of imidazole rings is 1. The number of para-hydroxylation sites is 2. The summed E-state index contributed by atoms with van der Waals surface area (Å²) >= 11 is 5.16. The first-order valence-corrected chi connectivity index (χ1v) is 13.8. The van der Waals surface area contributed by atoms with Crippen molar-refractivity contribution in [2.45, 2.75) is 26.7 Å². The minimum atomic E-state index is -0.266. The van der Waals surface area contributed by atoms with Gasteiger partial charge in [-0.3, -0.25) is 15.6 Å². The fourth-order valence-corrected chi connectivity index (χ4v) is 4.52. The largest absolute Gasteiger partial charge is 0.485 e. The standard InChI is InChI=1S/C32H31N5O3S/c1-2-33-32(41)36-35-30(38)20-37-27-16-10-9-15-26(27)34-31(37)25-17-18-28(39-21-23-11-5-3-6-12-23)29(19-25)40-22-24-13-7-4-8-14-24/h3-19H,2,20-22H2,1H3,(H,35,38)(H2,33,36,41). The summed E-state index contributed by atoms with van der Waals surface area (Å²) in [6.07, 6.45) is 0. The van der Waals surface area contributed by atoms with Crippen LogP contribution < -0.4 is 25.6 Å². The summed E-state index contributed by atoms with van der Waals surface area (Å²) in [5, 5.41) is 3.29. The summed E-state index contributed by atoms with van der Waals surface area (Å²) in [6.45, 7) is 3.39. The maximum Gasteiger partial charge on any atom is 0.258 e. The molecule has 0 saturated heterocycles. The Morgan fingerprint density at radius 1 is 0.805 bits per heavy atom. The number of aromatic nitrogens is 2. The first-order valence-electron chi connectivity index (χ1n) is 13.4. The number of rotatable bonds is 10. The third-order valence-electron chi connectivity index (χ3n) is 6.29. The van der Waals surface area contributed by atoms with Gasteiger partial charge in [-0.1, -0.05) is 72.8 Å². The van der Waals surface area contributed by atoms with Crippen LogP contribution in [0.15, 0.2) is 103 Å². The number of hydrogen-bond donors (Lipinski definition) is 3. The minimum Gasteiger partial charge on any atom is -0.485 e. The molecule has 0 atom stereocenters. The number of hydrogen-bond acceptors (Lipinski definition) is 5. The topological polar surface area (TPSA) is 89.4 Å². The number of thiocarbonyl (C=S) groups is 1. The van der Waals surface area contributed by atoms with E-state index in [4.69, 9.17) is 26.7 Å². The van der Waals surface area contributed by atoms with E-state index in [2.05, 4.69) is 16.2 Å². The quantitative estimate of drug-likeness (QED) is 0.155. The Morgan fingerprint density at radius 3 is 2.12 bits per heavy atom. The molecule has 0 aliphatic rings. The van der Waals surface area contributed by atoms with Crippen molar-refractivity contribution in [3.8, 4) is 22.9 Å². The summed E-state index contributed by atoms with van der Waals surface area (Å²) < 4.78 is 14.4. The molecule has 3 N–H and O–H groups in total. The van der Waals surface area contributed by atoms with Crippen LogP contribution in [0.25, 0.3) is 22.4 Å². The number of benzene rings is 4. The van der Waals surface area contributed by atoms with Crippen molar-refractivity contribution in [3.05, 3.63) is 114 Å². The lowest BCUT2D eigenvalue weighted by Gasteiger charge is -2.16. The van der Waals surface area contributed by atoms with Gasteiger partial charge in [-0.05, 0) is 60.6 Å². The van der Waals surface area contributed by atoms with Crippen LogP contribution in [0.4, 0.5) is 0 Å². The van der Waals surface area contributed by atoms with Gasteiger partial charge >= 0.3 is 0 Å². The van der Waals surface area contributed by atoms with Crippen molar-refractivity contribution in [2.75, 3.05) is 6.54 Å². The lowest BCUT2D eigenvalue weighted by atomic mass is 10.1. The SMILES string of the molecule is CCNC(=S)NNC(=O)Cn1c(-c2ccc(OCc3ccccc3)c(OCc3ccccc3)c2)nc2ccccc21. The third-order valence-corrected chi connectivity index (χ3v) is 6.53. The third kappa shape index (κ3) is 7.20. The van der Waals surface area contributed by atoms with Crippen molar-refractivity contribution in [1.82, 2.24) is 25.7 Å². The zero-order valence-corrected chi connectivity index (χ0v) is 23.5. The first-order chi connectivity index (χ1) is 20.1. The van der Waals surface area contributed by atoms with Gasteiger partial charge in [0.05, 0.1) is 11.0 Å². The van der Waals surface area contributed by atoms with Crippen molar-refractivity contribution < 1.29 is 14.3 Å². The average Bonchev–Trinajstić information content (AvgIpc) is 3.37. The molecule has 0 spiro atoms. The fourth-order valence-electron chi connectivity index (χ4n) is 4.32. The van der Waals surface area contributed by atoms with Crippen LogP contribution in [0.5, 0.6) is 11.5 Å². The maximum atomic E-state index is 12.9. The molecule has 0 fully saturated rings. The van der Waals surface area contributed by atoms with Crippen LogP contribution in [0.3, 0.4) is 0 Å². The summed E-state index contributed by atoms with van der Waals surface area (Å²) in [6, 6.07) is 33.4. The lowest BCUT2D eigenvalue weighted by Crippen LogP contribution is -2.47. The van der Waals surface area contributed by atoms with Gasteiger partial charge in [0.2, 0.25) is 0 Å². The van der Waals surface area contributed by atoms with Crippen LogP contribution in [0.2, 0.25) is 0 Å². The van der Waals surface area contributed by atoms with Crippen molar-refractivity contribution in [3.63, 3.8) is 0 Å². The van der Waals surface area contributed by atoms with Gasteiger partial charge < -0.3 is 19.4 Å². The minimum absolute atomic E-state index is 0.0318. The van der Waals surface area contributed by atoms with Gasteiger partial charge in [0.15, 0.2) is 16.6 Å². The summed E-state index contributed by atoms with van der Waals surface area (Å²) in [7, 11) is 0. The highest BCUT2D eigenvalue weighted by Gasteiger charge is 2.18. The number of nitrogens with one attached hydrogen (secondary N) is 3. The van der Waals surface area contributed by atoms with E-state index < -0.39 is 0 Å². The molecule has 4 aromatic carbocycles. The zero-order valence-electron chi connectivity index (χ0n) is 22.7. The van der Waals surface area contributed by atoms with Gasteiger partial charge in [0.1, 0.15) is 25.6 Å². The van der Waals surface area contributed by atoms with E-state index >= 15 is 0 Å². The number of carbonyl (C=O) groups excluding carboxylic acids is 1. The molecule has 0 bridgehead atoms. The monoisotopic (exact) mass is 565 g/mol. The van der Waals surface area contributed by atoms with Gasteiger partial charge in [-0.15, -0.1) is 0 Å². The number of fused-ring (bicyclic) bond motifs is 1. The smallest absolute Gasteiger partial charge is 0.258 e. The second-order valence-corrected chi connectivity index (χ2v) is 9.66. The molecule has 0 unspecified atom stereocenters. The van der Waals surface area contributed by atoms with Crippen molar-refractivity contribution in [1.29, 1.82) is 0 Å². The highest BCUT2D eigenvalue weighted by atomic mass is 32.1. The molecule has 9 heteroatoms. The first kappa shape index (κ1) is 27.7. The number of ether oxygens (including phenoxy) is 2. The van der Waals surface area contributed by atoms with E-state index in [1.807, 2.05) is 115 Å². The van der Waals surface area contributed by atoms with E-state index in [0.717, 1.165) is 27.7 Å². The van der Waals surface area contributed by atoms with Gasteiger partial charge in [0, 0.05) is 12.1 Å². The van der Waals surface area contributed by atoms with E-state index in [1.165, 1.54) is 0 Å². The van der Waals surface area contributed by atoms with Gasteiger partial charge in [-0.25, -0.2) is 4.98 Å².